The molecule has 0 heterocycles. The van der Waals surface area contributed by atoms with Gasteiger partial charge in [-0.25, -0.2) is 4.39 Å². The summed E-state index contributed by atoms with van der Waals surface area (Å²) in [6, 6.07) is 12.0. The molecule has 0 radical (unpaired) electrons. The van der Waals surface area contributed by atoms with E-state index in [1.165, 1.54) is 6.07 Å². The molecular weight excluding hydrogens is 389 g/mol. The van der Waals surface area contributed by atoms with Crippen LogP contribution < -0.4 is 4.74 Å². The van der Waals surface area contributed by atoms with Gasteiger partial charge in [0.2, 0.25) is 0 Å². The average molecular weight is 399 g/mol. The Morgan fingerprint density at radius 3 is 2.60 bits per heavy atom. The van der Waals surface area contributed by atoms with Gasteiger partial charge in [0.05, 0.1) is 16.1 Å². The summed E-state index contributed by atoms with van der Waals surface area (Å²) in [5.41, 5.74) is 1.84. The number of halogens is 3. The zero-order valence-corrected chi connectivity index (χ0v) is 13.5. The number of nitrogens with zero attached hydrogens (tertiary/aromatic N) is 1. The van der Waals surface area contributed by atoms with E-state index in [1.807, 2.05) is 24.3 Å². The third-order valence-corrected chi connectivity index (χ3v) is 3.98. The molecular formula is C15H10Br2FNO. The first-order chi connectivity index (χ1) is 9.63. The normalized spacial score (nSPS) is 10.1. The van der Waals surface area contributed by atoms with Gasteiger partial charge in [-0.1, -0.05) is 28.1 Å². The summed E-state index contributed by atoms with van der Waals surface area (Å²) in [5.74, 6) is 0.218. The van der Waals surface area contributed by atoms with E-state index in [2.05, 4.69) is 31.9 Å². The van der Waals surface area contributed by atoms with Gasteiger partial charge >= 0.3 is 0 Å². The second-order valence-corrected chi connectivity index (χ2v) is 5.52. The van der Waals surface area contributed by atoms with Gasteiger partial charge in [0.1, 0.15) is 18.2 Å². The van der Waals surface area contributed by atoms with Gasteiger partial charge in [-0.05, 0) is 45.8 Å². The molecule has 0 saturated carbocycles. The third-order valence-electron chi connectivity index (χ3n) is 2.72. The predicted octanol–water partition coefficient (Wildman–Crippen LogP) is 4.93. The maximum Gasteiger partial charge on any atom is 0.134 e. The van der Waals surface area contributed by atoms with E-state index in [-0.39, 0.29) is 6.61 Å². The smallest absolute Gasteiger partial charge is 0.134 e. The highest BCUT2D eigenvalue weighted by atomic mass is 79.9. The molecule has 2 rings (SSSR count). The Labute approximate surface area is 133 Å². The van der Waals surface area contributed by atoms with Crippen LogP contribution in [0.5, 0.6) is 5.75 Å². The number of rotatable bonds is 4. The first-order valence-corrected chi connectivity index (χ1v) is 7.71. The molecule has 102 valence electrons. The van der Waals surface area contributed by atoms with Gasteiger partial charge in [-0.2, -0.15) is 5.26 Å². The van der Waals surface area contributed by atoms with Crippen molar-refractivity contribution in [2.75, 3.05) is 0 Å². The lowest BCUT2D eigenvalue weighted by Crippen LogP contribution is -1.99. The summed E-state index contributed by atoms with van der Waals surface area (Å²) in [6.45, 7) is 0.115. The third kappa shape index (κ3) is 3.59. The van der Waals surface area contributed by atoms with Crippen LogP contribution in [0.3, 0.4) is 0 Å². The summed E-state index contributed by atoms with van der Waals surface area (Å²) in [5, 5.41) is 9.45. The van der Waals surface area contributed by atoms with E-state index in [0.29, 0.717) is 16.9 Å². The Morgan fingerprint density at radius 2 is 2.00 bits per heavy atom. The average Bonchev–Trinajstić information content (AvgIpc) is 2.46. The van der Waals surface area contributed by atoms with Crippen molar-refractivity contribution in [2.24, 2.45) is 0 Å². The molecule has 0 unspecified atom stereocenters. The van der Waals surface area contributed by atoms with Crippen molar-refractivity contribution < 1.29 is 9.13 Å². The fraction of sp³-hybridized carbons (Fsp3) is 0.133. The van der Waals surface area contributed by atoms with Gasteiger partial charge in [-0.15, -0.1) is 0 Å². The summed E-state index contributed by atoms with van der Waals surface area (Å²) in [4.78, 5) is 0. The number of benzene rings is 2. The maximum atomic E-state index is 13.7. The molecule has 0 bridgehead atoms. The molecule has 2 nitrogen and oxygen atoms in total. The van der Waals surface area contributed by atoms with Crippen molar-refractivity contribution in [3.05, 3.63) is 63.4 Å². The van der Waals surface area contributed by atoms with Crippen LogP contribution in [0.2, 0.25) is 0 Å². The topological polar surface area (TPSA) is 33.0 Å². The number of nitriles is 1. The van der Waals surface area contributed by atoms with E-state index in [0.717, 1.165) is 15.4 Å². The van der Waals surface area contributed by atoms with E-state index in [9.17, 15) is 4.39 Å². The zero-order chi connectivity index (χ0) is 14.5. The van der Waals surface area contributed by atoms with Gasteiger partial charge in [0.15, 0.2) is 0 Å². The van der Waals surface area contributed by atoms with Crippen molar-refractivity contribution in [3.63, 3.8) is 0 Å². The second kappa shape index (κ2) is 6.87. The van der Waals surface area contributed by atoms with Gasteiger partial charge in [-0.3, -0.25) is 0 Å². The summed E-state index contributed by atoms with van der Waals surface area (Å²) in [7, 11) is 0. The van der Waals surface area contributed by atoms with Crippen LogP contribution in [0.4, 0.5) is 4.39 Å². The number of ether oxygens (including phenoxy) is 1. The van der Waals surface area contributed by atoms with E-state index < -0.39 is 5.82 Å². The molecule has 0 aliphatic rings. The molecule has 0 fully saturated rings. The van der Waals surface area contributed by atoms with Crippen LogP contribution in [0.15, 0.2) is 40.9 Å². The SMILES string of the molecule is N#Cc1ccc(COc2ccc(CBr)cc2Br)c(F)c1. The Kier molecular flexibility index (Phi) is 5.16. The molecule has 0 amide bonds. The highest BCUT2D eigenvalue weighted by Crippen LogP contribution is 2.27. The summed E-state index contributed by atoms with van der Waals surface area (Å²) >= 11 is 6.80. The van der Waals surface area contributed by atoms with Crippen LogP contribution in [-0.2, 0) is 11.9 Å². The van der Waals surface area contributed by atoms with E-state index >= 15 is 0 Å². The molecule has 0 saturated heterocycles. The Hall–Kier alpha value is -1.38. The van der Waals surface area contributed by atoms with Crippen LogP contribution in [0.1, 0.15) is 16.7 Å². The maximum absolute atomic E-state index is 13.7. The van der Waals surface area contributed by atoms with Crippen LogP contribution in [-0.4, -0.2) is 0 Å². The van der Waals surface area contributed by atoms with Crippen LogP contribution >= 0.6 is 31.9 Å². The lowest BCUT2D eigenvalue weighted by Gasteiger charge is -2.10. The largest absolute Gasteiger partial charge is 0.488 e. The van der Waals surface area contributed by atoms with E-state index in [4.69, 9.17) is 10.00 Å². The van der Waals surface area contributed by atoms with Crippen molar-refractivity contribution in [1.29, 1.82) is 5.26 Å². The molecule has 20 heavy (non-hydrogen) atoms. The van der Waals surface area contributed by atoms with Crippen molar-refractivity contribution in [2.45, 2.75) is 11.9 Å². The molecule has 0 N–H and O–H groups in total. The first-order valence-electron chi connectivity index (χ1n) is 5.79. The highest BCUT2D eigenvalue weighted by molar-refractivity contribution is 9.10. The number of alkyl halides is 1. The van der Waals surface area contributed by atoms with Gasteiger partial charge < -0.3 is 4.74 Å². The van der Waals surface area contributed by atoms with Crippen molar-refractivity contribution in [3.8, 4) is 11.8 Å². The zero-order valence-electron chi connectivity index (χ0n) is 10.4. The molecule has 0 aliphatic heterocycles. The Morgan fingerprint density at radius 1 is 1.20 bits per heavy atom. The monoisotopic (exact) mass is 397 g/mol. The first kappa shape index (κ1) is 15.0. The highest BCUT2D eigenvalue weighted by Gasteiger charge is 2.07. The number of hydrogen-bond donors (Lipinski definition) is 0. The molecule has 5 heteroatoms. The molecule has 0 aliphatic carbocycles. The molecule has 0 spiro atoms. The molecule has 2 aromatic rings. The minimum atomic E-state index is -0.433. The fourth-order valence-electron chi connectivity index (χ4n) is 1.63. The predicted molar refractivity (Wildman–Crippen MR) is 82.2 cm³/mol. The quantitative estimate of drug-likeness (QED) is 0.683. The second-order valence-electron chi connectivity index (χ2n) is 4.11. The Bertz CT molecular complexity index is 667. The Balaban J connectivity index is 2.11. The standard InChI is InChI=1S/C15H10Br2FNO/c16-7-10-2-4-15(13(17)5-10)20-9-12-3-1-11(8-19)6-14(12)18/h1-6H,7,9H2. The van der Waals surface area contributed by atoms with E-state index in [1.54, 1.807) is 12.1 Å². The molecule has 0 aromatic heterocycles. The summed E-state index contributed by atoms with van der Waals surface area (Å²) < 4.78 is 20.1. The van der Waals surface area contributed by atoms with Gasteiger partial charge in [0, 0.05) is 10.9 Å². The van der Waals surface area contributed by atoms with Crippen LogP contribution in [0, 0.1) is 17.1 Å². The lowest BCUT2D eigenvalue weighted by atomic mass is 10.1. The molecule has 2 aromatic carbocycles. The number of hydrogen-bond acceptors (Lipinski definition) is 2. The fourth-order valence-corrected chi connectivity index (χ4v) is 2.52. The molecule has 0 atom stereocenters. The summed E-state index contributed by atoms with van der Waals surface area (Å²) in [6.07, 6.45) is 0. The van der Waals surface area contributed by atoms with Gasteiger partial charge in [0.25, 0.3) is 0 Å². The van der Waals surface area contributed by atoms with Crippen molar-refractivity contribution in [1.82, 2.24) is 0 Å². The van der Waals surface area contributed by atoms with Crippen molar-refractivity contribution >= 4 is 31.9 Å². The minimum Gasteiger partial charge on any atom is -0.488 e. The lowest BCUT2D eigenvalue weighted by molar-refractivity contribution is 0.298. The minimum absolute atomic E-state index is 0.115. The van der Waals surface area contributed by atoms with Crippen LogP contribution in [0.25, 0.3) is 0 Å².